The Bertz CT molecular complexity index is 556. The van der Waals surface area contributed by atoms with Gasteiger partial charge in [-0.2, -0.15) is 10.2 Å². The minimum Gasteiger partial charge on any atom is -0.309 e. The van der Waals surface area contributed by atoms with Gasteiger partial charge < -0.3 is 5.32 Å². The van der Waals surface area contributed by atoms with Crippen LogP contribution in [-0.4, -0.2) is 31.1 Å². The van der Waals surface area contributed by atoms with Gasteiger partial charge in [0.25, 0.3) is 0 Å². The highest BCUT2D eigenvalue weighted by Gasteiger charge is 2.19. The third-order valence-electron chi connectivity index (χ3n) is 3.81. The summed E-state index contributed by atoms with van der Waals surface area (Å²) in [5.41, 5.74) is 2.45. The Labute approximate surface area is 126 Å². The van der Waals surface area contributed by atoms with Crippen LogP contribution in [0.5, 0.6) is 0 Å². The minimum absolute atomic E-state index is 0.235. The van der Waals surface area contributed by atoms with E-state index in [0.29, 0.717) is 0 Å². The van der Waals surface area contributed by atoms with Gasteiger partial charge in [0.05, 0.1) is 6.20 Å². The van der Waals surface area contributed by atoms with E-state index in [-0.39, 0.29) is 6.04 Å². The molecule has 0 aliphatic rings. The summed E-state index contributed by atoms with van der Waals surface area (Å²) in [5.74, 6) is 1.04. The zero-order valence-electron chi connectivity index (χ0n) is 13.5. The Hall–Kier alpha value is -1.69. The summed E-state index contributed by atoms with van der Waals surface area (Å²) in [6.07, 6.45) is 6.63. The molecule has 0 amide bonds. The zero-order chi connectivity index (χ0) is 15.2. The fourth-order valence-electron chi connectivity index (χ4n) is 2.50. The molecule has 2 rings (SSSR count). The highest BCUT2D eigenvalue weighted by Crippen LogP contribution is 2.20. The molecule has 1 unspecified atom stereocenters. The molecule has 0 radical (unpaired) electrons. The number of rotatable bonds is 8. The predicted molar refractivity (Wildman–Crippen MR) is 83.0 cm³/mol. The number of aromatic nitrogens is 5. The van der Waals surface area contributed by atoms with Crippen molar-refractivity contribution in [3.8, 4) is 0 Å². The van der Waals surface area contributed by atoms with E-state index in [2.05, 4.69) is 41.3 Å². The number of nitrogens with zero attached hydrogens (tertiary/aromatic N) is 5. The molecule has 1 atom stereocenters. The lowest BCUT2D eigenvalue weighted by molar-refractivity contribution is 0.486. The Morgan fingerprint density at radius 3 is 2.67 bits per heavy atom. The Kier molecular flexibility index (Phi) is 5.50. The molecular weight excluding hydrogens is 264 g/mol. The molecule has 0 fully saturated rings. The van der Waals surface area contributed by atoms with E-state index >= 15 is 0 Å². The van der Waals surface area contributed by atoms with Gasteiger partial charge in [0.15, 0.2) is 0 Å². The number of nitrogens with one attached hydrogen (secondary N) is 1. The molecule has 6 nitrogen and oxygen atoms in total. The van der Waals surface area contributed by atoms with Crippen molar-refractivity contribution in [3.05, 3.63) is 29.6 Å². The van der Waals surface area contributed by atoms with Crippen molar-refractivity contribution in [1.82, 2.24) is 29.9 Å². The van der Waals surface area contributed by atoms with Crippen LogP contribution in [0.25, 0.3) is 0 Å². The van der Waals surface area contributed by atoms with Crippen molar-refractivity contribution in [1.29, 1.82) is 0 Å². The molecular formula is C15H26N6. The van der Waals surface area contributed by atoms with Crippen molar-refractivity contribution in [2.75, 3.05) is 6.54 Å². The van der Waals surface area contributed by atoms with Gasteiger partial charge in [0.1, 0.15) is 12.2 Å². The lowest BCUT2D eigenvalue weighted by Gasteiger charge is -2.18. The molecule has 0 saturated heterocycles. The highest BCUT2D eigenvalue weighted by molar-refractivity contribution is 5.21. The molecule has 21 heavy (non-hydrogen) atoms. The number of hydrogen-bond acceptors (Lipinski definition) is 4. The van der Waals surface area contributed by atoms with Gasteiger partial charge in [-0.3, -0.25) is 9.36 Å². The van der Waals surface area contributed by atoms with Crippen LogP contribution in [0.3, 0.4) is 0 Å². The second-order valence-electron chi connectivity index (χ2n) is 5.42. The molecule has 0 spiro atoms. The second kappa shape index (κ2) is 7.36. The summed E-state index contributed by atoms with van der Waals surface area (Å²) in [6, 6.07) is 0.235. The molecule has 0 aromatic carbocycles. The van der Waals surface area contributed by atoms with Gasteiger partial charge in [-0.15, -0.1) is 0 Å². The summed E-state index contributed by atoms with van der Waals surface area (Å²) in [6.45, 7) is 8.35. The van der Waals surface area contributed by atoms with Gasteiger partial charge in [0.2, 0.25) is 0 Å². The summed E-state index contributed by atoms with van der Waals surface area (Å²) in [7, 11) is 1.98. The normalized spacial score (nSPS) is 12.8. The van der Waals surface area contributed by atoms with Crippen molar-refractivity contribution >= 4 is 0 Å². The van der Waals surface area contributed by atoms with Crippen LogP contribution in [-0.2, 0) is 20.0 Å². The minimum atomic E-state index is 0.235. The maximum Gasteiger partial charge on any atom is 0.138 e. The van der Waals surface area contributed by atoms with E-state index in [9.17, 15) is 0 Å². The third kappa shape index (κ3) is 3.69. The fourth-order valence-corrected chi connectivity index (χ4v) is 2.50. The first kappa shape index (κ1) is 15.7. The molecule has 0 saturated carbocycles. The van der Waals surface area contributed by atoms with E-state index in [0.717, 1.165) is 38.2 Å². The average molecular weight is 290 g/mol. The zero-order valence-corrected chi connectivity index (χ0v) is 13.5. The molecule has 0 aliphatic heterocycles. The molecule has 0 aliphatic carbocycles. The van der Waals surface area contributed by atoms with Crippen molar-refractivity contribution in [2.45, 2.75) is 52.6 Å². The molecule has 2 heterocycles. The number of hydrogen-bond donors (Lipinski definition) is 1. The van der Waals surface area contributed by atoms with Crippen LogP contribution in [0.15, 0.2) is 12.5 Å². The lowest BCUT2D eigenvalue weighted by atomic mass is 10.0. The summed E-state index contributed by atoms with van der Waals surface area (Å²) in [4.78, 5) is 4.43. The van der Waals surface area contributed by atoms with E-state index in [1.807, 2.05) is 22.6 Å². The molecule has 2 aromatic rings. The van der Waals surface area contributed by atoms with Gasteiger partial charge in [-0.1, -0.05) is 13.8 Å². The first-order valence-corrected chi connectivity index (χ1v) is 7.75. The van der Waals surface area contributed by atoms with Gasteiger partial charge in [-0.05, 0) is 26.3 Å². The maximum absolute atomic E-state index is 4.43. The standard InChI is InChI=1S/C15H26N6/c1-5-7-16-14(13-10-18-20(4)12(13)3)9-15-17-11-19-21(15)8-6-2/h10-11,14,16H,5-9H2,1-4H3. The highest BCUT2D eigenvalue weighted by atomic mass is 15.3. The maximum atomic E-state index is 4.43. The van der Waals surface area contributed by atoms with Crippen molar-refractivity contribution in [3.63, 3.8) is 0 Å². The van der Waals surface area contributed by atoms with E-state index < -0.39 is 0 Å². The van der Waals surface area contributed by atoms with E-state index in [1.54, 1.807) is 6.33 Å². The topological polar surface area (TPSA) is 60.6 Å². The first-order valence-electron chi connectivity index (χ1n) is 7.75. The van der Waals surface area contributed by atoms with Gasteiger partial charge >= 0.3 is 0 Å². The first-order chi connectivity index (χ1) is 10.2. The van der Waals surface area contributed by atoms with Crippen LogP contribution in [0.1, 0.15) is 49.8 Å². The summed E-state index contributed by atoms with van der Waals surface area (Å²) in [5, 5.41) is 12.3. The predicted octanol–water partition coefficient (Wildman–Crippen LogP) is 2.01. The molecule has 6 heteroatoms. The molecule has 0 bridgehead atoms. The molecule has 2 aromatic heterocycles. The van der Waals surface area contributed by atoms with Crippen LogP contribution in [0.4, 0.5) is 0 Å². The Balaban J connectivity index is 2.20. The van der Waals surface area contributed by atoms with Crippen molar-refractivity contribution < 1.29 is 0 Å². The van der Waals surface area contributed by atoms with Crippen LogP contribution in [0.2, 0.25) is 0 Å². The van der Waals surface area contributed by atoms with Crippen LogP contribution >= 0.6 is 0 Å². The van der Waals surface area contributed by atoms with Crippen LogP contribution in [0, 0.1) is 6.92 Å². The average Bonchev–Trinajstić information content (AvgIpc) is 3.04. The van der Waals surface area contributed by atoms with Crippen molar-refractivity contribution in [2.24, 2.45) is 7.05 Å². The number of aryl methyl sites for hydroxylation is 2. The lowest BCUT2D eigenvalue weighted by Crippen LogP contribution is -2.26. The fraction of sp³-hybridized carbons (Fsp3) is 0.667. The Morgan fingerprint density at radius 2 is 2.05 bits per heavy atom. The third-order valence-corrected chi connectivity index (χ3v) is 3.81. The van der Waals surface area contributed by atoms with E-state index in [4.69, 9.17) is 0 Å². The molecule has 1 N–H and O–H groups in total. The summed E-state index contributed by atoms with van der Waals surface area (Å²) >= 11 is 0. The van der Waals surface area contributed by atoms with Gasteiger partial charge in [-0.25, -0.2) is 4.98 Å². The monoisotopic (exact) mass is 290 g/mol. The quantitative estimate of drug-likeness (QED) is 0.808. The summed E-state index contributed by atoms with van der Waals surface area (Å²) < 4.78 is 3.93. The molecule has 116 valence electrons. The smallest absolute Gasteiger partial charge is 0.138 e. The second-order valence-corrected chi connectivity index (χ2v) is 5.42. The van der Waals surface area contributed by atoms with Crippen LogP contribution < -0.4 is 5.32 Å². The van der Waals surface area contributed by atoms with Gasteiger partial charge in [0, 0.05) is 37.3 Å². The van der Waals surface area contributed by atoms with E-state index in [1.165, 1.54) is 11.3 Å². The SMILES string of the molecule is CCCNC(Cc1ncnn1CCC)c1cnn(C)c1C. The Morgan fingerprint density at radius 1 is 1.24 bits per heavy atom. The largest absolute Gasteiger partial charge is 0.309 e.